The van der Waals surface area contributed by atoms with E-state index >= 15 is 0 Å². The van der Waals surface area contributed by atoms with Gasteiger partial charge in [0.05, 0.1) is 5.92 Å². The van der Waals surface area contributed by atoms with Crippen molar-refractivity contribution in [2.45, 2.75) is 38.9 Å². The molecule has 0 aromatic carbocycles. The highest BCUT2D eigenvalue weighted by Gasteiger charge is 2.29. The van der Waals surface area contributed by atoms with Gasteiger partial charge in [0.2, 0.25) is 0 Å². The van der Waals surface area contributed by atoms with Crippen molar-refractivity contribution >= 4 is 13.1 Å². The molecule has 0 aromatic rings. The van der Waals surface area contributed by atoms with E-state index in [0.717, 1.165) is 25.7 Å². The zero-order valence-electron chi connectivity index (χ0n) is 11.4. The van der Waals surface area contributed by atoms with Crippen LogP contribution in [0.2, 0.25) is 6.32 Å². The summed E-state index contributed by atoms with van der Waals surface area (Å²) in [4.78, 5) is 10.7. The van der Waals surface area contributed by atoms with Gasteiger partial charge in [0.25, 0.3) is 0 Å². The average Bonchev–Trinajstić information content (AvgIpc) is 2.41. The predicted molar refractivity (Wildman–Crippen MR) is 72.9 cm³/mol. The van der Waals surface area contributed by atoms with Gasteiger partial charge in [-0.05, 0) is 38.7 Å². The molecule has 1 aliphatic carbocycles. The van der Waals surface area contributed by atoms with Gasteiger partial charge in [-0.3, -0.25) is 4.79 Å². The Kier molecular flexibility index (Phi) is 14.0. The summed E-state index contributed by atoms with van der Waals surface area (Å²) in [7, 11) is 0.384. The van der Waals surface area contributed by atoms with Crippen LogP contribution in [-0.2, 0) is 4.79 Å². The van der Waals surface area contributed by atoms with Gasteiger partial charge in [0.1, 0.15) is 0 Å². The third-order valence-corrected chi connectivity index (χ3v) is 2.89. The lowest BCUT2D eigenvalue weighted by molar-refractivity contribution is -0.144. The minimum absolute atomic E-state index is 0.172. The van der Waals surface area contributed by atoms with E-state index in [1.54, 1.807) is 6.92 Å². The van der Waals surface area contributed by atoms with Crippen molar-refractivity contribution in [2.24, 2.45) is 23.3 Å². The maximum absolute atomic E-state index is 10.7. The van der Waals surface area contributed by atoms with Gasteiger partial charge >= 0.3 is 13.1 Å². The van der Waals surface area contributed by atoms with Gasteiger partial charge in [-0.1, -0.05) is 19.8 Å². The Balaban J connectivity index is 0. The van der Waals surface area contributed by atoms with E-state index in [0.29, 0.717) is 12.9 Å². The molecule has 0 spiro atoms. The Morgan fingerprint density at radius 3 is 2.00 bits per heavy atom. The Labute approximate surface area is 110 Å². The van der Waals surface area contributed by atoms with Crippen molar-refractivity contribution in [3.05, 3.63) is 0 Å². The molecule has 0 amide bonds. The fraction of sp³-hybridized carbons (Fsp3) is 0.909. The van der Waals surface area contributed by atoms with Crippen LogP contribution in [0.4, 0.5) is 0 Å². The van der Waals surface area contributed by atoms with Crippen molar-refractivity contribution in [3.8, 4) is 0 Å². The molecule has 2 unspecified atom stereocenters. The summed E-state index contributed by atoms with van der Waals surface area (Å²) in [5.74, 6) is -0.616. The Morgan fingerprint density at radius 2 is 1.72 bits per heavy atom. The van der Waals surface area contributed by atoms with E-state index < -0.39 is 13.1 Å². The summed E-state index contributed by atoms with van der Waals surface area (Å²) >= 11 is 0. The minimum Gasteiger partial charge on any atom is -0.481 e. The van der Waals surface area contributed by atoms with Crippen molar-refractivity contribution in [1.29, 1.82) is 0 Å². The number of carboxylic acid groups (broad SMARTS) is 1. The first-order chi connectivity index (χ1) is 8.52. The first kappa shape index (κ1) is 19.7. The molecule has 7 N–H and O–H groups in total. The predicted octanol–water partition coefficient (Wildman–Crippen LogP) is -0.110. The monoisotopic (exact) mass is 262 g/mol. The van der Waals surface area contributed by atoms with Crippen LogP contribution in [0.15, 0.2) is 0 Å². The fourth-order valence-electron chi connectivity index (χ4n) is 1.81. The lowest BCUT2D eigenvalue weighted by atomic mass is 9.79. The second-order valence-corrected chi connectivity index (χ2v) is 4.11. The van der Waals surface area contributed by atoms with Crippen molar-refractivity contribution in [1.82, 2.24) is 0 Å². The van der Waals surface area contributed by atoms with Crippen LogP contribution in [-0.4, -0.2) is 41.8 Å². The van der Waals surface area contributed by atoms with Gasteiger partial charge in [0.15, 0.2) is 0 Å². The number of nitrogens with two attached hydrogens (primary N) is 2. The van der Waals surface area contributed by atoms with E-state index in [1.165, 1.54) is 7.05 Å². The molecule has 0 bridgehead atoms. The van der Waals surface area contributed by atoms with Gasteiger partial charge < -0.3 is 26.6 Å². The van der Waals surface area contributed by atoms with E-state index in [2.05, 4.69) is 5.73 Å². The van der Waals surface area contributed by atoms with Crippen molar-refractivity contribution < 1.29 is 19.9 Å². The molecule has 0 radical (unpaired) electrons. The third kappa shape index (κ3) is 9.41. The highest BCUT2D eigenvalue weighted by Crippen LogP contribution is 2.29. The number of hydrogen-bond acceptors (Lipinski definition) is 5. The van der Waals surface area contributed by atoms with Gasteiger partial charge in [-0.25, -0.2) is 0 Å². The molecular weight excluding hydrogens is 235 g/mol. The van der Waals surface area contributed by atoms with Gasteiger partial charge in [0, 0.05) is 0 Å². The normalized spacial score (nSPS) is 21.9. The molecule has 0 heterocycles. The van der Waals surface area contributed by atoms with Crippen LogP contribution in [0.3, 0.4) is 0 Å². The smallest absolute Gasteiger partial charge is 0.451 e. The van der Waals surface area contributed by atoms with Crippen LogP contribution in [0, 0.1) is 11.8 Å². The first-order valence-corrected chi connectivity index (χ1v) is 6.39. The highest BCUT2D eigenvalue weighted by atomic mass is 16.4. The summed E-state index contributed by atoms with van der Waals surface area (Å²) in [5.41, 5.74) is 9.97. The number of carboxylic acids is 1. The number of rotatable bonds is 3. The van der Waals surface area contributed by atoms with Gasteiger partial charge in [-0.2, -0.15) is 0 Å². The molecule has 0 aromatic heterocycles. The third-order valence-electron chi connectivity index (χ3n) is 2.89. The molecular formula is C11H27BN2O4. The molecule has 1 rings (SSSR count). The van der Waals surface area contributed by atoms with Crippen molar-refractivity contribution in [3.63, 3.8) is 0 Å². The largest absolute Gasteiger partial charge is 0.481 e. The number of aliphatic carboxylic acids is 1. The second kappa shape index (κ2) is 12.8. The highest BCUT2D eigenvalue weighted by molar-refractivity contribution is 6.40. The molecule has 1 aliphatic rings. The summed E-state index contributed by atoms with van der Waals surface area (Å²) in [5, 5.41) is 24.6. The summed E-state index contributed by atoms with van der Waals surface area (Å²) < 4.78 is 0. The summed E-state index contributed by atoms with van der Waals surface area (Å²) in [6.07, 6.45) is 4.42. The zero-order chi connectivity index (χ0) is 14.6. The number of carbonyl (C=O) groups is 1. The van der Waals surface area contributed by atoms with Gasteiger partial charge in [-0.15, -0.1) is 0 Å². The number of hydrogen-bond donors (Lipinski definition) is 5. The Bertz CT molecular complexity index is 205. The van der Waals surface area contributed by atoms with E-state index in [9.17, 15) is 4.79 Å². The maximum Gasteiger partial charge on any atom is 0.451 e. The molecule has 1 saturated carbocycles. The Hall–Kier alpha value is -0.625. The van der Waals surface area contributed by atoms with Crippen LogP contribution < -0.4 is 11.5 Å². The maximum atomic E-state index is 10.7. The minimum atomic E-state index is -1.12. The van der Waals surface area contributed by atoms with Crippen LogP contribution in [0.25, 0.3) is 0 Å². The van der Waals surface area contributed by atoms with Crippen LogP contribution in [0.1, 0.15) is 32.6 Å². The topological polar surface area (TPSA) is 130 Å². The SMILES string of the molecule is CCB(O)O.CN.NCC1CCCCC1C(=O)O. The first-order valence-electron chi connectivity index (χ1n) is 6.39. The van der Waals surface area contributed by atoms with Crippen LogP contribution in [0.5, 0.6) is 0 Å². The Morgan fingerprint density at radius 1 is 1.28 bits per heavy atom. The van der Waals surface area contributed by atoms with E-state index in [4.69, 9.17) is 20.9 Å². The zero-order valence-corrected chi connectivity index (χ0v) is 11.4. The molecule has 2 atom stereocenters. The molecule has 7 heteroatoms. The average molecular weight is 262 g/mol. The quantitative estimate of drug-likeness (QED) is 0.451. The van der Waals surface area contributed by atoms with Crippen LogP contribution >= 0.6 is 0 Å². The molecule has 0 saturated heterocycles. The summed E-state index contributed by atoms with van der Waals surface area (Å²) in [6.45, 7) is 2.22. The van der Waals surface area contributed by atoms with Crippen molar-refractivity contribution in [2.75, 3.05) is 13.6 Å². The molecule has 1 fully saturated rings. The molecule has 6 nitrogen and oxygen atoms in total. The lowest BCUT2D eigenvalue weighted by Gasteiger charge is -2.26. The summed E-state index contributed by atoms with van der Waals surface area (Å²) in [6, 6.07) is 0. The molecule has 0 aliphatic heterocycles. The van der Waals surface area contributed by atoms with E-state index in [1.807, 2.05) is 0 Å². The fourth-order valence-corrected chi connectivity index (χ4v) is 1.81. The standard InChI is InChI=1S/C8H15NO2.C2H7BO2.CH5N/c9-5-6-3-1-2-4-7(6)8(10)11;1-2-3(4)5;1-2/h6-7H,1-5,9H2,(H,10,11);4-5H,2H2,1H3;2H2,1H3. The van der Waals surface area contributed by atoms with E-state index in [-0.39, 0.29) is 11.8 Å². The second-order valence-electron chi connectivity index (χ2n) is 4.11. The molecule has 108 valence electrons. The molecule has 18 heavy (non-hydrogen) atoms. The lowest BCUT2D eigenvalue weighted by Crippen LogP contribution is -2.32.